The Morgan fingerprint density at radius 3 is 2.40 bits per heavy atom. The second-order valence-corrected chi connectivity index (χ2v) is 5.64. The molecule has 0 aliphatic rings. The second kappa shape index (κ2) is 10.9. The first-order chi connectivity index (χ1) is 11.6. The van der Waals surface area contributed by atoms with Crippen molar-refractivity contribution in [2.24, 2.45) is 10.7 Å². The third-order valence-corrected chi connectivity index (χ3v) is 3.51. The van der Waals surface area contributed by atoms with Crippen LogP contribution < -0.4 is 15.8 Å². The molecule has 6 heteroatoms. The van der Waals surface area contributed by atoms with E-state index in [0.717, 1.165) is 22.6 Å². The second-order valence-electron chi connectivity index (χ2n) is 5.64. The molecule has 0 aromatic heterocycles. The van der Waals surface area contributed by atoms with Gasteiger partial charge in [-0.25, -0.2) is 4.99 Å². The van der Waals surface area contributed by atoms with E-state index in [2.05, 4.69) is 10.3 Å². The van der Waals surface area contributed by atoms with Gasteiger partial charge >= 0.3 is 0 Å². The molecule has 0 saturated carbocycles. The Hall–Kier alpha value is -1.80. The van der Waals surface area contributed by atoms with Crippen LogP contribution in [0.3, 0.4) is 0 Å². The molecule has 0 saturated heterocycles. The van der Waals surface area contributed by atoms with E-state index in [-0.39, 0.29) is 24.0 Å². The highest BCUT2D eigenvalue weighted by Gasteiger charge is 2.04. The zero-order valence-electron chi connectivity index (χ0n) is 14.9. The third kappa shape index (κ3) is 7.31. The zero-order chi connectivity index (χ0) is 17.4. The molecule has 2 aromatic carbocycles. The molecule has 3 N–H and O–H groups in total. The van der Waals surface area contributed by atoms with Gasteiger partial charge in [0, 0.05) is 18.4 Å². The van der Waals surface area contributed by atoms with Gasteiger partial charge in [0.2, 0.25) is 0 Å². The summed E-state index contributed by atoms with van der Waals surface area (Å²) in [5.41, 5.74) is 10.2. The molecule has 2 rings (SSSR count). The number of guanidine groups is 1. The van der Waals surface area contributed by atoms with Gasteiger partial charge < -0.3 is 20.5 Å². The summed E-state index contributed by atoms with van der Waals surface area (Å²) in [4.78, 5) is 4.40. The molecule has 0 atom stereocenters. The van der Waals surface area contributed by atoms with Crippen molar-refractivity contribution >= 4 is 35.6 Å². The van der Waals surface area contributed by atoms with E-state index in [1.165, 1.54) is 5.56 Å². The van der Waals surface area contributed by atoms with E-state index in [9.17, 15) is 0 Å². The SMILES string of the molecule is COCCOc1cc(C)ccc1CN=C(N)Nc1ccc(C)cc1.I. The molecular weight excluding hydrogens is 429 g/mol. The van der Waals surface area contributed by atoms with Crippen LogP contribution in [0, 0.1) is 13.8 Å². The van der Waals surface area contributed by atoms with Gasteiger partial charge in [-0.2, -0.15) is 0 Å². The number of hydrogen-bond donors (Lipinski definition) is 2. The Labute approximate surface area is 166 Å². The van der Waals surface area contributed by atoms with Gasteiger partial charge in [0.25, 0.3) is 0 Å². The lowest BCUT2D eigenvalue weighted by Gasteiger charge is -2.11. The van der Waals surface area contributed by atoms with Crippen LogP contribution in [0.15, 0.2) is 47.5 Å². The maximum Gasteiger partial charge on any atom is 0.193 e. The van der Waals surface area contributed by atoms with E-state index in [1.54, 1.807) is 7.11 Å². The smallest absolute Gasteiger partial charge is 0.193 e. The summed E-state index contributed by atoms with van der Waals surface area (Å²) in [6.07, 6.45) is 0. The molecule has 0 spiro atoms. The van der Waals surface area contributed by atoms with Crippen molar-refractivity contribution in [3.63, 3.8) is 0 Å². The van der Waals surface area contributed by atoms with Crippen LogP contribution in [0.1, 0.15) is 16.7 Å². The van der Waals surface area contributed by atoms with Crippen molar-refractivity contribution in [2.45, 2.75) is 20.4 Å². The fourth-order valence-electron chi connectivity index (χ4n) is 2.16. The van der Waals surface area contributed by atoms with Crippen LogP contribution >= 0.6 is 24.0 Å². The van der Waals surface area contributed by atoms with E-state index in [4.69, 9.17) is 15.2 Å². The summed E-state index contributed by atoms with van der Waals surface area (Å²) < 4.78 is 10.8. The van der Waals surface area contributed by atoms with Crippen LogP contribution in [0.25, 0.3) is 0 Å². The Balaban J connectivity index is 0.00000312. The number of benzene rings is 2. The predicted octanol–water partition coefficient (Wildman–Crippen LogP) is 3.87. The molecule has 0 unspecified atom stereocenters. The average Bonchev–Trinajstić information content (AvgIpc) is 2.56. The number of halogens is 1. The van der Waals surface area contributed by atoms with Gasteiger partial charge in [-0.05, 0) is 37.6 Å². The molecule has 136 valence electrons. The number of ether oxygens (including phenoxy) is 2. The summed E-state index contributed by atoms with van der Waals surface area (Å²) in [6, 6.07) is 14.1. The average molecular weight is 455 g/mol. The van der Waals surface area contributed by atoms with Crippen LogP contribution in [0.2, 0.25) is 0 Å². The first kappa shape index (κ1) is 21.2. The van der Waals surface area contributed by atoms with Crippen molar-refractivity contribution in [1.82, 2.24) is 0 Å². The number of aliphatic imine (C=N–C) groups is 1. The predicted molar refractivity (Wildman–Crippen MR) is 114 cm³/mol. The van der Waals surface area contributed by atoms with E-state index >= 15 is 0 Å². The summed E-state index contributed by atoms with van der Waals surface area (Å²) in [5, 5.41) is 3.09. The zero-order valence-corrected chi connectivity index (χ0v) is 17.2. The first-order valence-electron chi connectivity index (χ1n) is 7.93. The van der Waals surface area contributed by atoms with Gasteiger partial charge in [-0.3, -0.25) is 0 Å². The number of methoxy groups -OCH3 is 1. The van der Waals surface area contributed by atoms with Gasteiger partial charge in [-0.15, -0.1) is 24.0 Å². The van der Waals surface area contributed by atoms with E-state index in [0.29, 0.717) is 25.7 Å². The molecule has 5 nitrogen and oxygen atoms in total. The Kier molecular flexibility index (Phi) is 9.30. The van der Waals surface area contributed by atoms with Crippen LogP contribution in [-0.4, -0.2) is 26.3 Å². The minimum absolute atomic E-state index is 0. The molecule has 0 amide bonds. The fourth-order valence-corrected chi connectivity index (χ4v) is 2.16. The lowest BCUT2D eigenvalue weighted by Crippen LogP contribution is -2.22. The highest BCUT2D eigenvalue weighted by molar-refractivity contribution is 14.0. The molecule has 0 aliphatic heterocycles. The summed E-state index contributed by atoms with van der Waals surface area (Å²) in [5.74, 6) is 1.20. The summed E-state index contributed by atoms with van der Waals surface area (Å²) >= 11 is 0. The number of rotatable bonds is 7. The van der Waals surface area contributed by atoms with Gasteiger partial charge in [-0.1, -0.05) is 29.8 Å². The summed E-state index contributed by atoms with van der Waals surface area (Å²) in [6.45, 7) is 5.59. The van der Waals surface area contributed by atoms with Gasteiger partial charge in [0.05, 0.1) is 13.2 Å². The maximum atomic E-state index is 5.97. The van der Waals surface area contributed by atoms with Crippen LogP contribution in [0.4, 0.5) is 5.69 Å². The molecule has 0 fully saturated rings. The molecule has 2 aromatic rings. The largest absolute Gasteiger partial charge is 0.491 e. The standard InChI is InChI=1S/C19H25N3O2.HI/c1-14-5-8-17(9-6-14)22-19(20)21-13-16-7-4-15(2)12-18(16)24-11-10-23-3;/h4-9,12H,10-11,13H2,1-3H3,(H3,20,21,22);1H. The highest BCUT2D eigenvalue weighted by atomic mass is 127. The maximum absolute atomic E-state index is 5.97. The Morgan fingerprint density at radius 1 is 1.04 bits per heavy atom. The third-order valence-electron chi connectivity index (χ3n) is 3.51. The number of nitrogens with zero attached hydrogens (tertiary/aromatic N) is 1. The number of nitrogens with two attached hydrogens (primary N) is 1. The number of aryl methyl sites for hydroxylation is 2. The van der Waals surface area contributed by atoms with Crippen molar-refractivity contribution in [1.29, 1.82) is 0 Å². The normalized spacial score (nSPS) is 10.9. The van der Waals surface area contributed by atoms with Crippen molar-refractivity contribution in [3.8, 4) is 5.75 Å². The van der Waals surface area contributed by atoms with Crippen molar-refractivity contribution in [2.75, 3.05) is 25.6 Å². The lowest BCUT2D eigenvalue weighted by atomic mass is 10.1. The number of nitrogens with one attached hydrogen (secondary N) is 1. The minimum atomic E-state index is 0. The topological polar surface area (TPSA) is 68.9 Å². The number of hydrogen-bond acceptors (Lipinski definition) is 3. The van der Waals surface area contributed by atoms with E-state index in [1.807, 2.05) is 56.3 Å². The molecule has 0 aliphatic carbocycles. The molecular formula is C19H26IN3O2. The quantitative estimate of drug-likeness (QED) is 0.288. The lowest BCUT2D eigenvalue weighted by molar-refractivity contribution is 0.146. The first-order valence-corrected chi connectivity index (χ1v) is 7.93. The minimum Gasteiger partial charge on any atom is -0.491 e. The van der Waals surface area contributed by atoms with Crippen molar-refractivity contribution < 1.29 is 9.47 Å². The fraction of sp³-hybridized carbons (Fsp3) is 0.316. The monoisotopic (exact) mass is 455 g/mol. The molecule has 25 heavy (non-hydrogen) atoms. The van der Waals surface area contributed by atoms with E-state index < -0.39 is 0 Å². The highest BCUT2D eigenvalue weighted by Crippen LogP contribution is 2.21. The summed E-state index contributed by atoms with van der Waals surface area (Å²) in [7, 11) is 1.66. The van der Waals surface area contributed by atoms with Crippen molar-refractivity contribution in [3.05, 3.63) is 59.2 Å². The van der Waals surface area contributed by atoms with Crippen LogP contribution in [0.5, 0.6) is 5.75 Å². The molecule has 0 bridgehead atoms. The molecule has 0 radical (unpaired) electrons. The van der Waals surface area contributed by atoms with Gasteiger partial charge in [0.1, 0.15) is 12.4 Å². The molecule has 0 heterocycles. The van der Waals surface area contributed by atoms with Crippen LogP contribution in [-0.2, 0) is 11.3 Å². The van der Waals surface area contributed by atoms with Gasteiger partial charge in [0.15, 0.2) is 5.96 Å². The Morgan fingerprint density at radius 2 is 1.72 bits per heavy atom. The Bertz CT molecular complexity index is 688. The number of anilines is 1.